The smallest absolute Gasteiger partial charge is 0.306 e. The van der Waals surface area contributed by atoms with Crippen molar-refractivity contribution < 1.29 is 24.2 Å². The topological polar surface area (TPSA) is 72.8 Å². The van der Waals surface area contributed by atoms with E-state index in [1.165, 1.54) is 257 Å². The summed E-state index contributed by atoms with van der Waals surface area (Å²) in [6, 6.07) is 0. The fourth-order valence-corrected chi connectivity index (χ4v) is 8.61. The van der Waals surface area contributed by atoms with Crippen LogP contribution in [-0.4, -0.2) is 36.4 Å². The summed E-state index contributed by atoms with van der Waals surface area (Å²) in [5.41, 5.74) is 0. The Morgan fingerprint density at radius 1 is 0.361 bits per heavy atom. The van der Waals surface area contributed by atoms with Crippen molar-refractivity contribution in [3.8, 4) is 0 Å². The summed E-state index contributed by atoms with van der Waals surface area (Å²) in [4.78, 5) is 24.5. The Bertz CT molecular complexity index is 886. The zero-order chi connectivity index (χ0) is 44.2. The lowest BCUT2D eigenvalue weighted by Crippen LogP contribution is -2.28. The molecule has 0 spiro atoms. The Morgan fingerprint density at radius 3 is 0.885 bits per heavy atom. The Morgan fingerprint density at radius 2 is 0.607 bits per heavy atom. The second-order valence-corrected chi connectivity index (χ2v) is 19.0. The molecular weight excluding hydrogens is 753 g/mol. The molecule has 0 aromatic carbocycles. The first-order chi connectivity index (χ1) is 30.1. The van der Waals surface area contributed by atoms with Gasteiger partial charge in [0.1, 0.15) is 6.61 Å². The van der Waals surface area contributed by atoms with Gasteiger partial charge in [-0.25, -0.2) is 0 Å². The van der Waals surface area contributed by atoms with Gasteiger partial charge in [-0.05, 0) is 38.5 Å². The molecule has 0 aromatic heterocycles. The molecule has 0 fully saturated rings. The van der Waals surface area contributed by atoms with Gasteiger partial charge in [-0.15, -0.1) is 0 Å². The molecule has 0 saturated heterocycles. The minimum atomic E-state index is -0.769. The molecule has 5 heteroatoms. The zero-order valence-electron chi connectivity index (χ0n) is 41.5. The number of aliphatic hydroxyl groups is 1. The van der Waals surface area contributed by atoms with E-state index in [1.54, 1.807) is 0 Å². The van der Waals surface area contributed by atoms with E-state index in [0.717, 1.165) is 32.1 Å². The number of ether oxygens (including phenoxy) is 2. The van der Waals surface area contributed by atoms with Crippen LogP contribution in [0.25, 0.3) is 0 Å². The van der Waals surface area contributed by atoms with Gasteiger partial charge < -0.3 is 14.6 Å². The Kier molecular flexibility index (Phi) is 51.8. The maximum atomic E-state index is 12.3. The number of carbonyl (C=O) groups is 2. The van der Waals surface area contributed by atoms with E-state index < -0.39 is 6.10 Å². The van der Waals surface area contributed by atoms with E-state index >= 15 is 0 Å². The summed E-state index contributed by atoms with van der Waals surface area (Å²) in [6.45, 7) is 4.19. The molecule has 0 heterocycles. The molecule has 0 aliphatic carbocycles. The minimum absolute atomic E-state index is 0.0606. The summed E-state index contributed by atoms with van der Waals surface area (Å²) in [7, 11) is 0. The number of allylic oxidation sites excluding steroid dienone is 2. The molecule has 0 bridgehead atoms. The average Bonchev–Trinajstić information content (AvgIpc) is 3.26. The van der Waals surface area contributed by atoms with Crippen molar-refractivity contribution in [3.63, 3.8) is 0 Å². The molecule has 0 radical (unpaired) electrons. The predicted molar refractivity (Wildman–Crippen MR) is 265 cm³/mol. The molecular formula is C56H108O5. The predicted octanol–water partition coefficient (Wildman–Crippen LogP) is 18.4. The summed E-state index contributed by atoms with van der Waals surface area (Å²) >= 11 is 0. The highest BCUT2D eigenvalue weighted by Crippen LogP contribution is 2.18. The number of aliphatic hydroxyl groups excluding tert-OH is 1. The van der Waals surface area contributed by atoms with Gasteiger partial charge in [0, 0.05) is 12.8 Å². The number of hydrogen-bond acceptors (Lipinski definition) is 5. The Labute approximate surface area is 381 Å². The third-order valence-corrected chi connectivity index (χ3v) is 12.8. The van der Waals surface area contributed by atoms with E-state index in [2.05, 4.69) is 26.0 Å². The quantitative estimate of drug-likeness (QED) is 0.0375. The van der Waals surface area contributed by atoms with Crippen LogP contribution in [0.1, 0.15) is 316 Å². The molecule has 0 saturated carbocycles. The fraction of sp³-hybridized carbons (Fsp3) is 0.929. The maximum Gasteiger partial charge on any atom is 0.306 e. The summed E-state index contributed by atoms with van der Waals surface area (Å²) in [5, 5.41) is 9.63. The Hall–Kier alpha value is -1.36. The van der Waals surface area contributed by atoms with Crippen LogP contribution in [-0.2, 0) is 19.1 Å². The Balaban J connectivity index is 3.40. The van der Waals surface area contributed by atoms with E-state index in [-0.39, 0.29) is 25.2 Å². The van der Waals surface area contributed by atoms with Crippen LogP contribution in [0, 0.1) is 0 Å². The normalized spacial score (nSPS) is 12.1. The van der Waals surface area contributed by atoms with Crippen LogP contribution in [0.4, 0.5) is 0 Å². The molecule has 0 amide bonds. The third kappa shape index (κ3) is 51.2. The monoisotopic (exact) mass is 861 g/mol. The number of hydrogen-bond donors (Lipinski definition) is 1. The van der Waals surface area contributed by atoms with Crippen molar-refractivity contribution >= 4 is 11.9 Å². The lowest BCUT2D eigenvalue weighted by atomic mass is 10.0. The van der Waals surface area contributed by atoms with Crippen molar-refractivity contribution in [2.75, 3.05) is 13.2 Å². The standard InChI is InChI=1S/C56H108O5/c1-3-5-7-9-11-13-15-17-19-21-23-24-25-26-27-28-29-30-31-32-33-35-36-38-40-42-44-46-48-50-55(58)60-53-54(52-57)61-56(59)51-49-47-45-43-41-39-37-34-22-20-18-16-14-12-10-8-6-4-2/h20,22,54,57H,3-19,21,23-53H2,1-2H3/b22-20-. The summed E-state index contributed by atoms with van der Waals surface area (Å²) in [6.07, 6.45) is 64.8. The van der Waals surface area contributed by atoms with Crippen molar-refractivity contribution in [2.45, 2.75) is 322 Å². The lowest BCUT2D eigenvalue weighted by molar-refractivity contribution is -0.161. The fourth-order valence-electron chi connectivity index (χ4n) is 8.61. The van der Waals surface area contributed by atoms with Crippen LogP contribution >= 0.6 is 0 Å². The molecule has 362 valence electrons. The van der Waals surface area contributed by atoms with Gasteiger partial charge in [-0.2, -0.15) is 0 Å². The first-order valence-corrected chi connectivity index (χ1v) is 27.7. The number of esters is 2. The summed E-state index contributed by atoms with van der Waals surface area (Å²) in [5.74, 6) is -0.576. The van der Waals surface area contributed by atoms with Crippen molar-refractivity contribution in [2.24, 2.45) is 0 Å². The average molecular weight is 861 g/mol. The van der Waals surface area contributed by atoms with E-state index in [4.69, 9.17) is 9.47 Å². The first kappa shape index (κ1) is 59.6. The third-order valence-electron chi connectivity index (χ3n) is 12.8. The highest BCUT2D eigenvalue weighted by Gasteiger charge is 2.16. The van der Waals surface area contributed by atoms with Crippen molar-refractivity contribution in [1.29, 1.82) is 0 Å². The van der Waals surface area contributed by atoms with Crippen LogP contribution in [0.3, 0.4) is 0 Å². The van der Waals surface area contributed by atoms with Crippen LogP contribution in [0.15, 0.2) is 12.2 Å². The van der Waals surface area contributed by atoms with E-state index in [1.807, 2.05) is 0 Å². The van der Waals surface area contributed by atoms with Crippen LogP contribution in [0.2, 0.25) is 0 Å². The molecule has 1 unspecified atom stereocenters. The summed E-state index contributed by atoms with van der Waals surface area (Å²) < 4.78 is 10.7. The largest absolute Gasteiger partial charge is 0.462 e. The number of unbranched alkanes of at least 4 members (excludes halogenated alkanes) is 42. The van der Waals surface area contributed by atoms with Gasteiger partial charge in [0.2, 0.25) is 0 Å². The second-order valence-electron chi connectivity index (χ2n) is 19.0. The molecule has 1 N–H and O–H groups in total. The van der Waals surface area contributed by atoms with Gasteiger partial charge in [0.25, 0.3) is 0 Å². The lowest BCUT2D eigenvalue weighted by Gasteiger charge is -2.15. The zero-order valence-corrected chi connectivity index (χ0v) is 41.5. The highest BCUT2D eigenvalue weighted by molar-refractivity contribution is 5.70. The second kappa shape index (κ2) is 53.0. The van der Waals surface area contributed by atoms with Gasteiger partial charge in [-0.1, -0.05) is 276 Å². The van der Waals surface area contributed by atoms with E-state index in [0.29, 0.717) is 12.8 Å². The molecule has 0 aliphatic heterocycles. The molecule has 1 atom stereocenters. The van der Waals surface area contributed by atoms with Crippen LogP contribution in [0.5, 0.6) is 0 Å². The van der Waals surface area contributed by atoms with Gasteiger partial charge in [-0.3, -0.25) is 9.59 Å². The molecule has 5 nitrogen and oxygen atoms in total. The van der Waals surface area contributed by atoms with E-state index in [9.17, 15) is 14.7 Å². The number of carbonyl (C=O) groups excluding carboxylic acids is 2. The minimum Gasteiger partial charge on any atom is -0.462 e. The van der Waals surface area contributed by atoms with Crippen molar-refractivity contribution in [3.05, 3.63) is 12.2 Å². The molecule has 0 aromatic rings. The van der Waals surface area contributed by atoms with Gasteiger partial charge in [0.05, 0.1) is 6.61 Å². The number of rotatable bonds is 52. The van der Waals surface area contributed by atoms with Crippen molar-refractivity contribution in [1.82, 2.24) is 0 Å². The molecule has 0 aliphatic rings. The molecule has 0 rings (SSSR count). The highest BCUT2D eigenvalue weighted by atomic mass is 16.6. The van der Waals surface area contributed by atoms with Crippen LogP contribution < -0.4 is 0 Å². The van der Waals surface area contributed by atoms with Gasteiger partial charge >= 0.3 is 11.9 Å². The molecule has 61 heavy (non-hydrogen) atoms. The first-order valence-electron chi connectivity index (χ1n) is 27.7. The van der Waals surface area contributed by atoms with Gasteiger partial charge in [0.15, 0.2) is 6.10 Å². The SMILES string of the molecule is CCCCCCCCC/C=C\CCCCCCCCCC(=O)OC(CO)COC(=O)CCCCCCCCCCCCCCCCCCCCCCCCCCCCCCC. The maximum absolute atomic E-state index is 12.3.